The zero-order chi connectivity index (χ0) is 15.4. The molecule has 0 spiro atoms. The van der Waals surface area contributed by atoms with E-state index in [1.807, 2.05) is 35.2 Å². The second-order valence-electron chi connectivity index (χ2n) is 6.32. The van der Waals surface area contributed by atoms with Gasteiger partial charge < -0.3 is 9.64 Å². The van der Waals surface area contributed by atoms with E-state index in [4.69, 9.17) is 4.74 Å². The van der Waals surface area contributed by atoms with Gasteiger partial charge >= 0.3 is 0 Å². The average molecular weight is 293 g/mol. The van der Waals surface area contributed by atoms with Gasteiger partial charge in [-0.15, -0.1) is 0 Å². The summed E-state index contributed by atoms with van der Waals surface area (Å²) in [5, 5.41) is 0. The van der Waals surface area contributed by atoms with Gasteiger partial charge in [0.15, 0.2) is 0 Å². The molecule has 22 heavy (non-hydrogen) atoms. The number of amides is 1. The predicted molar refractivity (Wildman–Crippen MR) is 86.2 cm³/mol. The van der Waals surface area contributed by atoms with Gasteiger partial charge in [-0.05, 0) is 38.5 Å². The number of carbonyl (C=O) groups excluding carboxylic acids is 1. The first-order valence-electron chi connectivity index (χ1n) is 7.73. The largest absolute Gasteiger partial charge is 0.362 e. The third-order valence-corrected chi connectivity index (χ3v) is 4.67. The highest BCUT2D eigenvalue weighted by Crippen LogP contribution is 2.52. The molecule has 0 aromatic heterocycles. The van der Waals surface area contributed by atoms with Crippen molar-refractivity contribution < 1.29 is 9.53 Å². The van der Waals surface area contributed by atoms with Crippen molar-refractivity contribution in [3.63, 3.8) is 0 Å². The first-order chi connectivity index (χ1) is 10.6. The number of carbonyl (C=O) groups is 1. The van der Waals surface area contributed by atoms with E-state index in [0.29, 0.717) is 0 Å². The van der Waals surface area contributed by atoms with E-state index in [2.05, 4.69) is 32.9 Å². The maximum Gasteiger partial charge on any atom is 0.258 e. The van der Waals surface area contributed by atoms with Crippen molar-refractivity contribution in [2.24, 2.45) is 0 Å². The molecule has 0 N–H and O–H groups in total. The van der Waals surface area contributed by atoms with Crippen LogP contribution in [-0.4, -0.2) is 18.1 Å². The predicted octanol–water partition coefficient (Wildman–Crippen LogP) is 3.79. The molecule has 3 unspecified atom stereocenters. The third-order valence-electron chi connectivity index (χ3n) is 4.67. The first kappa shape index (κ1) is 13.5. The van der Waals surface area contributed by atoms with Crippen LogP contribution in [0.2, 0.25) is 0 Å². The molecule has 112 valence electrons. The average Bonchev–Trinajstić information content (AvgIpc) is 3.30. The number of anilines is 1. The number of benzene rings is 2. The normalized spacial score (nSPS) is 25.4. The van der Waals surface area contributed by atoms with Crippen LogP contribution < -0.4 is 4.90 Å². The topological polar surface area (TPSA) is 32.8 Å². The maximum atomic E-state index is 13.0. The lowest BCUT2D eigenvalue weighted by Gasteiger charge is -2.34. The minimum atomic E-state index is 0.0512. The van der Waals surface area contributed by atoms with Crippen molar-refractivity contribution in [3.8, 4) is 0 Å². The lowest BCUT2D eigenvalue weighted by molar-refractivity contribution is 0.0973. The number of epoxide rings is 1. The monoisotopic (exact) mass is 293 g/mol. The van der Waals surface area contributed by atoms with Crippen LogP contribution in [0.15, 0.2) is 42.5 Å². The molecular formula is C19H19NO2. The molecule has 2 aliphatic rings. The number of nitrogens with zero attached hydrogens (tertiary/aromatic N) is 1. The van der Waals surface area contributed by atoms with Crippen LogP contribution in [0, 0.1) is 13.8 Å². The molecule has 0 aliphatic carbocycles. The Balaban J connectivity index is 1.86. The third kappa shape index (κ3) is 1.89. The zero-order valence-corrected chi connectivity index (χ0v) is 13.0. The van der Waals surface area contributed by atoms with Crippen LogP contribution in [0.4, 0.5) is 5.69 Å². The Morgan fingerprint density at radius 3 is 2.59 bits per heavy atom. The highest BCUT2D eigenvalue weighted by atomic mass is 16.6. The SMILES string of the molecule is Cc1cc(C)c2c(c1)C1OC1C(C)N2C(=O)c1ccccc1. The molecule has 1 fully saturated rings. The van der Waals surface area contributed by atoms with Gasteiger partial charge in [0.25, 0.3) is 5.91 Å². The highest BCUT2D eigenvalue weighted by molar-refractivity contribution is 6.08. The lowest BCUT2D eigenvalue weighted by Crippen LogP contribution is -2.45. The van der Waals surface area contributed by atoms with E-state index >= 15 is 0 Å². The van der Waals surface area contributed by atoms with Gasteiger partial charge in [0, 0.05) is 11.1 Å². The van der Waals surface area contributed by atoms with Crippen molar-refractivity contribution in [1.82, 2.24) is 0 Å². The molecule has 0 saturated carbocycles. The van der Waals surface area contributed by atoms with Crippen LogP contribution in [0.1, 0.15) is 40.1 Å². The summed E-state index contributed by atoms with van der Waals surface area (Å²) in [6.07, 6.45) is 0.282. The quantitative estimate of drug-likeness (QED) is 0.749. The molecule has 3 heteroatoms. The van der Waals surface area contributed by atoms with E-state index in [0.717, 1.165) is 22.4 Å². The Morgan fingerprint density at radius 2 is 1.86 bits per heavy atom. The Hall–Kier alpha value is -2.13. The minimum absolute atomic E-state index is 0.0512. The number of ether oxygens (including phenoxy) is 1. The summed E-state index contributed by atoms with van der Waals surface area (Å²) in [6, 6.07) is 13.8. The van der Waals surface area contributed by atoms with E-state index in [9.17, 15) is 4.79 Å². The molecule has 1 saturated heterocycles. The van der Waals surface area contributed by atoms with Crippen molar-refractivity contribution in [1.29, 1.82) is 0 Å². The number of aryl methyl sites for hydroxylation is 2. The van der Waals surface area contributed by atoms with Gasteiger partial charge in [-0.2, -0.15) is 0 Å². The molecule has 1 amide bonds. The Bertz CT molecular complexity index is 754. The Kier molecular flexibility index (Phi) is 2.88. The molecule has 3 nitrogen and oxygen atoms in total. The molecule has 4 rings (SSSR count). The van der Waals surface area contributed by atoms with Crippen molar-refractivity contribution in [3.05, 3.63) is 64.7 Å². The fraction of sp³-hybridized carbons (Fsp3) is 0.316. The van der Waals surface area contributed by atoms with Crippen LogP contribution in [0.25, 0.3) is 0 Å². The second-order valence-corrected chi connectivity index (χ2v) is 6.32. The van der Waals surface area contributed by atoms with Crippen molar-refractivity contribution in [2.45, 2.75) is 39.0 Å². The fourth-order valence-corrected chi connectivity index (χ4v) is 3.64. The summed E-state index contributed by atoms with van der Waals surface area (Å²) in [6.45, 7) is 6.24. The van der Waals surface area contributed by atoms with Gasteiger partial charge in [0.05, 0.1) is 11.7 Å². The van der Waals surface area contributed by atoms with Gasteiger partial charge in [0.1, 0.15) is 12.2 Å². The fourth-order valence-electron chi connectivity index (χ4n) is 3.64. The molecular weight excluding hydrogens is 274 g/mol. The molecule has 2 aromatic carbocycles. The number of hydrogen-bond donors (Lipinski definition) is 0. The van der Waals surface area contributed by atoms with E-state index in [1.54, 1.807) is 0 Å². The van der Waals surface area contributed by atoms with Gasteiger partial charge in [0.2, 0.25) is 0 Å². The molecule has 2 aliphatic heterocycles. The van der Waals surface area contributed by atoms with Crippen LogP contribution in [-0.2, 0) is 4.74 Å². The summed E-state index contributed by atoms with van der Waals surface area (Å²) in [7, 11) is 0. The van der Waals surface area contributed by atoms with Crippen LogP contribution in [0.5, 0.6) is 0 Å². The number of fused-ring (bicyclic) bond motifs is 3. The standard InChI is InChI=1S/C19H19NO2/c1-11-9-12(2)16-15(10-11)18-17(22-18)13(3)20(16)19(21)14-7-5-4-6-8-14/h4-10,13,17-18H,1-3H3. The number of hydrogen-bond acceptors (Lipinski definition) is 2. The Morgan fingerprint density at radius 1 is 1.14 bits per heavy atom. The molecule has 0 bridgehead atoms. The summed E-state index contributed by atoms with van der Waals surface area (Å²) in [4.78, 5) is 15.0. The van der Waals surface area contributed by atoms with E-state index < -0.39 is 0 Å². The molecule has 2 aromatic rings. The zero-order valence-electron chi connectivity index (χ0n) is 13.0. The summed E-state index contributed by atoms with van der Waals surface area (Å²) in [5.41, 5.74) is 5.27. The van der Waals surface area contributed by atoms with E-state index in [-0.39, 0.29) is 24.2 Å². The Labute approximate surface area is 130 Å². The summed E-state index contributed by atoms with van der Waals surface area (Å²) < 4.78 is 5.85. The molecule has 2 heterocycles. The highest BCUT2D eigenvalue weighted by Gasteiger charge is 2.53. The van der Waals surface area contributed by atoms with Gasteiger partial charge in [-0.1, -0.05) is 35.9 Å². The van der Waals surface area contributed by atoms with Crippen LogP contribution >= 0.6 is 0 Å². The lowest BCUT2D eigenvalue weighted by atomic mass is 9.91. The van der Waals surface area contributed by atoms with Gasteiger partial charge in [-0.25, -0.2) is 0 Å². The van der Waals surface area contributed by atoms with Crippen molar-refractivity contribution >= 4 is 11.6 Å². The first-order valence-corrected chi connectivity index (χ1v) is 7.73. The minimum Gasteiger partial charge on any atom is -0.362 e. The molecule has 0 radical (unpaired) electrons. The van der Waals surface area contributed by atoms with Gasteiger partial charge in [-0.3, -0.25) is 4.79 Å². The number of rotatable bonds is 1. The summed E-state index contributed by atoms with van der Waals surface area (Å²) >= 11 is 0. The van der Waals surface area contributed by atoms with Crippen LogP contribution in [0.3, 0.4) is 0 Å². The second kappa shape index (κ2) is 4.68. The van der Waals surface area contributed by atoms with Crippen molar-refractivity contribution in [2.75, 3.05) is 4.90 Å². The molecule has 3 atom stereocenters. The van der Waals surface area contributed by atoms with E-state index in [1.165, 1.54) is 5.56 Å². The maximum absolute atomic E-state index is 13.0. The summed E-state index contributed by atoms with van der Waals surface area (Å²) in [5.74, 6) is 0.0512. The smallest absolute Gasteiger partial charge is 0.258 e.